The van der Waals surface area contributed by atoms with Crippen LogP contribution in [0.5, 0.6) is 5.75 Å². The maximum absolute atomic E-state index is 12.6. The van der Waals surface area contributed by atoms with Gasteiger partial charge in [0.05, 0.1) is 12.8 Å². The minimum Gasteiger partial charge on any atom is -0.496 e. The van der Waals surface area contributed by atoms with Crippen LogP contribution >= 0.6 is 11.3 Å². The van der Waals surface area contributed by atoms with Gasteiger partial charge in [-0.1, -0.05) is 54.6 Å². The third-order valence-corrected chi connectivity index (χ3v) is 5.52. The average Bonchev–Trinajstić information content (AvgIpc) is 3.32. The van der Waals surface area contributed by atoms with Crippen LogP contribution in [-0.4, -0.2) is 29.6 Å². The van der Waals surface area contributed by atoms with Crippen molar-refractivity contribution in [2.75, 3.05) is 12.4 Å². The average molecular weight is 442 g/mol. The Morgan fingerprint density at radius 2 is 1.38 bits per heavy atom. The standard InChI is InChI=1S/C25H18N2O4S/c1-31-21-10-6-5-9-19(21)20-15-32-25(26-20)27-24(30)18-13-11-17(12-14-18)23(29)22(28)16-7-3-2-4-8-16/h2-15H,1H3,(H,26,27,30). The molecule has 3 aromatic carbocycles. The van der Waals surface area contributed by atoms with E-state index in [2.05, 4.69) is 10.3 Å². The molecule has 0 aliphatic carbocycles. The van der Waals surface area contributed by atoms with Crippen LogP contribution < -0.4 is 10.1 Å². The lowest BCUT2D eigenvalue weighted by Crippen LogP contribution is -2.15. The molecule has 0 radical (unpaired) electrons. The number of amides is 1. The van der Waals surface area contributed by atoms with Crippen LogP contribution in [0.1, 0.15) is 31.1 Å². The normalized spacial score (nSPS) is 10.4. The van der Waals surface area contributed by atoms with Crippen molar-refractivity contribution in [2.24, 2.45) is 0 Å². The monoisotopic (exact) mass is 442 g/mol. The smallest absolute Gasteiger partial charge is 0.257 e. The van der Waals surface area contributed by atoms with Gasteiger partial charge >= 0.3 is 0 Å². The molecule has 32 heavy (non-hydrogen) atoms. The van der Waals surface area contributed by atoms with Gasteiger partial charge in [-0.15, -0.1) is 11.3 Å². The Kier molecular flexibility index (Phi) is 6.19. The fourth-order valence-electron chi connectivity index (χ4n) is 3.11. The third-order valence-electron chi connectivity index (χ3n) is 4.76. The first kappa shape index (κ1) is 21.1. The van der Waals surface area contributed by atoms with Gasteiger partial charge < -0.3 is 4.74 Å². The number of hydrogen-bond donors (Lipinski definition) is 1. The van der Waals surface area contributed by atoms with Crippen molar-refractivity contribution >= 4 is 33.9 Å². The molecule has 0 saturated carbocycles. The summed E-state index contributed by atoms with van der Waals surface area (Å²) in [4.78, 5) is 41.8. The van der Waals surface area contributed by atoms with Gasteiger partial charge in [0.2, 0.25) is 11.6 Å². The zero-order valence-corrected chi connectivity index (χ0v) is 17.9. The molecule has 1 amide bonds. The van der Waals surface area contributed by atoms with E-state index < -0.39 is 11.6 Å². The lowest BCUT2D eigenvalue weighted by Gasteiger charge is -2.05. The number of anilines is 1. The number of rotatable bonds is 7. The van der Waals surface area contributed by atoms with Crippen LogP contribution in [0.2, 0.25) is 0 Å². The minimum atomic E-state index is -0.621. The number of carbonyl (C=O) groups is 3. The van der Waals surface area contributed by atoms with Gasteiger partial charge in [0, 0.05) is 27.6 Å². The Balaban J connectivity index is 1.45. The maximum atomic E-state index is 12.6. The number of benzene rings is 3. The number of thiazole rings is 1. The molecule has 0 fully saturated rings. The Hall–Kier alpha value is -4.10. The van der Waals surface area contributed by atoms with Gasteiger partial charge in [-0.25, -0.2) is 4.98 Å². The highest BCUT2D eigenvalue weighted by Crippen LogP contribution is 2.32. The molecule has 4 rings (SSSR count). The van der Waals surface area contributed by atoms with Gasteiger partial charge in [-0.3, -0.25) is 19.7 Å². The van der Waals surface area contributed by atoms with Crippen molar-refractivity contribution in [3.05, 3.63) is 101 Å². The van der Waals surface area contributed by atoms with E-state index >= 15 is 0 Å². The fraction of sp³-hybridized carbons (Fsp3) is 0.0400. The molecule has 1 aromatic heterocycles. The molecule has 1 N–H and O–H groups in total. The second-order valence-electron chi connectivity index (χ2n) is 6.79. The predicted molar refractivity (Wildman–Crippen MR) is 124 cm³/mol. The highest BCUT2D eigenvalue weighted by Gasteiger charge is 2.19. The van der Waals surface area contributed by atoms with Crippen LogP contribution in [0, 0.1) is 0 Å². The number of carbonyl (C=O) groups excluding carboxylic acids is 3. The van der Waals surface area contributed by atoms with E-state index in [-0.39, 0.29) is 11.5 Å². The highest BCUT2D eigenvalue weighted by molar-refractivity contribution is 7.14. The summed E-state index contributed by atoms with van der Waals surface area (Å²) in [7, 11) is 1.59. The van der Waals surface area contributed by atoms with Crippen LogP contribution in [0.4, 0.5) is 5.13 Å². The second kappa shape index (κ2) is 9.36. The van der Waals surface area contributed by atoms with E-state index in [9.17, 15) is 14.4 Å². The zero-order valence-electron chi connectivity index (χ0n) is 17.1. The molecule has 0 aliphatic heterocycles. The topological polar surface area (TPSA) is 85.4 Å². The largest absolute Gasteiger partial charge is 0.496 e. The molecule has 158 valence electrons. The second-order valence-corrected chi connectivity index (χ2v) is 7.65. The molecule has 0 atom stereocenters. The number of Topliss-reactive ketones (excluding diaryl/α,β-unsaturated/α-hetero) is 2. The molecule has 0 aliphatic rings. The molecule has 1 heterocycles. The van der Waals surface area contributed by atoms with Gasteiger partial charge in [-0.2, -0.15) is 0 Å². The first-order chi connectivity index (χ1) is 15.6. The van der Waals surface area contributed by atoms with E-state index in [4.69, 9.17) is 4.74 Å². The van der Waals surface area contributed by atoms with E-state index in [1.807, 2.05) is 29.6 Å². The van der Waals surface area contributed by atoms with Crippen molar-refractivity contribution < 1.29 is 19.1 Å². The number of aromatic nitrogens is 1. The summed E-state index contributed by atoms with van der Waals surface area (Å²) in [5, 5.41) is 5.04. The number of ketones is 2. The number of nitrogens with one attached hydrogen (secondary N) is 1. The zero-order chi connectivity index (χ0) is 22.5. The third kappa shape index (κ3) is 4.48. The molecular weight excluding hydrogens is 424 g/mol. The summed E-state index contributed by atoms with van der Waals surface area (Å²) in [5.74, 6) is -0.876. The van der Waals surface area contributed by atoms with Crippen LogP contribution in [0.15, 0.2) is 84.2 Å². The van der Waals surface area contributed by atoms with Crippen molar-refractivity contribution in [3.8, 4) is 17.0 Å². The molecule has 0 unspecified atom stereocenters. The Labute approximate surface area is 188 Å². The molecule has 0 bridgehead atoms. The predicted octanol–water partition coefficient (Wildman–Crippen LogP) is 5.14. The first-order valence-electron chi connectivity index (χ1n) is 9.71. The van der Waals surface area contributed by atoms with Gasteiger partial charge in [0.1, 0.15) is 5.75 Å². The summed E-state index contributed by atoms with van der Waals surface area (Å²) in [6.45, 7) is 0. The molecule has 7 heteroatoms. The summed E-state index contributed by atoms with van der Waals surface area (Å²) < 4.78 is 5.36. The van der Waals surface area contributed by atoms with Crippen molar-refractivity contribution in [2.45, 2.75) is 0 Å². The van der Waals surface area contributed by atoms with Crippen LogP contribution in [0.25, 0.3) is 11.3 Å². The number of ether oxygens (including phenoxy) is 1. The lowest BCUT2D eigenvalue weighted by molar-refractivity contribution is 0.0817. The Bertz CT molecular complexity index is 1280. The van der Waals surface area contributed by atoms with E-state index in [0.29, 0.717) is 27.7 Å². The minimum absolute atomic E-state index is 0.225. The Morgan fingerprint density at radius 1 is 0.781 bits per heavy atom. The Morgan fingerprint density at radius 3 is 2.06 bits per heavy atom. The molecule has 0 spiro atoms. The molecule has 0 saturated heterocycles. The summed E-state index contributed by atoms with van der Waals surface area (Å²) >= 11 is 1.30. The maximum Gasteiger partial charge on any atom is 0.257 e. The van der Waals surface area contributed by atoms with Gasteiger partial charge in [0.25, 0.3) is 5.91 Å². The van der Waals surface area contributed by atoms with E-state index in [1.54, 1.807) is 37.4 Å². The van der Waals surface area contributed by atoms with Crippen molar-refractivity contribution in [3.63, 3.8) is 0 Å². The first-order valence-corrected chi connectivity index (χ1v) is 10.6. The van der Waals surface area contributed by atoms with Crippen molar-refractivity contribution in [1.82, 2.24) is 4.98 Å². The fourth-order valence-corrected chi connectivity index (χ4v) is 3.81. The number of hydrogen-bond acceptors (Lipinski definition) is 6. The van der Waals surface area contributed by atoms with E-state index in [0.717, 1.165) is 5.56 Å². The summed E-state index contributed by atoms with van der Waals surface area (Å²) in [6, 6.07) is 21.8. The summed E-state index contributed by atoms with van der Waals surface area (Å²) in [6.07, 6.45) is 0. The van der Waals surface area contributed by atoms with Gasteiger partial charge in [-0.05, 0) is 24.3 Å². The number of para-hydroxylation sites is 1. The molecule has 6 nitrogen and oxygen atoms in total. The summed E-state index contributed by atoms with van der Waals surface area (Å²) in [5.41, 5.74) is 2.43. The van der Waals surface area contributed by atoms with Crippen LogP contribution in [0.3, 0.4) is 0 Å². The van der Waals surface area contributed by atoms with Gasteiger partial charge in [0.15, 0.2) is 5.13 Å². The lowest BCUT2D eigenvalue weighted by atomic mass is 10.0. The SMILES string of the molecule is COc1ccccc1-c1csc(NC(=O)c2ccc(C(=O)C(=O)c3ccccc3)cc2)n1. The quantitative estimate of drug-likeness (QED) is 0.317. The van der Waals surface area contributed by atoms with E-state index in [1.165, 1.54) is 35.6 Å². The molecular formula is C25H18N2O4S. The number of nitrogens with zero attached hydrogens (tertiary/aromatic N) is 1. The number of methoxy groups -OCH3 is 1. The van der Waals surface area contributed by atoms with Crippen LogP contribution in [-0.2, 0) is 0 Å². The highest BCUT2D eigenvalue weighted by atomic mass is 32.1. The molecule has 4 aromatic rings. The van der Waals surface area contributed by atoms with Crippen molar-refractivity contribution in [1.29, 1.82) is 0 Å².